The van der Waals surface area contributed by atoms with E-state index in [1.807, 2.05) is 6.26 Å². The summed E-state index contributed by atoms with van der Waals surface area (Å²) < 4.78 is 39.3. The van der Waals surface area contributed by atoms with Crippen molar-refractivity contribution in [2.45, 2.75) is 10.5 Å². The Morgan fingerprint density at radius 3 is 2.58 bits per heavy atom. The molecule has 1 heterocycles. The normalized spacial score (nSPS) is 11.4. The summed E-state index contributed by atoms with van der Waals surface area (Å²) in [5, 5.41) is 11.4. The van der Waals surface area contributed by atoms with Crippen LogP contribution in [0.3, 0.4) is 0 Å². The standard InChI is InChI=1S/C17H12F3N3OS2/c1-25-16-23-22-15(26-16)12-7-2-3-8-13(12)21-14(24)10-5-4-6-11(9-10)17(18,19)20/h2-9H,1H3,(H,21,24). The minimum atomic E-state index is -4.50. The number of alkyl halides is 3. The van der Waals surface area contributed by atoms with Crippen molar-refractivity contribution >= 4 is 34.7 Å². The monoisotopic (exact) mass is 395 g/mol. The Labute approximate surface area is 155 Å². The van der Waals surface area contributed by atoms with E-state index in [0.717, 1.165) is 16.5 Å². The minimum absolute atomic E-state index is 0.0725. The van der Waals surface area contributed by atoms with Crippen LogP contribution in [0.1, 0.15) is 15.9 Å². The summed E-state index contributed by atoms with van der Waals surface area (Å²) in [5.41, 5.74) is 0.174. The molecule has 0 aliphatic carbocycles. The summed E-state index contributed by atoms with van der Waals surface area (Å²) in [6, 6.07) is 11.2. The van der Waals surface area contributed by atoms with Crippen molar-refractivity contribution in [1.29, 1.82) is 0 Å². The van der Waals surface area contributed by atoms with Gasteiger partial charge in [-0.15, -0.1) is 10.2 Å². The Balaban J connectivity index is 1.89. The minimum Gasteiger partial charge on any atom is -0.321 e. The largest absolute Gasteiger partial charge is 0.416 e. The average molecular weight is 395 g/mol. The van der Waals surface area contributed by atoms with Crippen LogP contribution in [0.25, 0.3) is 10.6 Å². The molecule has 2 aromatic carbocycles. The molecule has 134 valence electrons. The molecule has 3 rings (SSSR count). The van der Waals surface area contributed by atoms with Crippen LogP contribution < -0.4 is 5.32 Å². The van der Waals surface area contributed by atoms with Gasteiger partial charge in [-0.2, -0.15) is 13.2 Å². The fourth-order valence-electron chi connectivity index (χ4n) is 2.21. The summed E-state index contributed by atoms with van der Waals surface area (Å²) in [5.74, 6) is -0.627. The van der Waals surface area contributed by atoms with Gasteiger partial charge in [0.2, 0.25) is 0 Å². The van der Waals surface area contributed by atoms with Crippen LogP contribution in [0.4, 0.5) is 18.9 Å². The number of rotatable bonds is 4. The summed E-state index contributed by atoms with van der Waals surface area (Å²) in [7, 11) is 0. The number of para-hydroxylation sites is 1. The van der Waals surface area contributed by atoms with Crippen molar-refractivity contribution in [3.63, 3.8) is 0 Å². The maximum absolute atomic E-state index is 12.8. The van der Waals surface area contributed by atoms with E-state index in [1.165, 1.54) is 35.2 Å². The molecule has 1 N–H and O–H groups in total. The fraction of sp³-hybridized carbons (Fsp3) is 0.118. The third kappa shape index (κ3) is 4.05. The lowest BCUT2D eigenvalue weighted by atomic mass is 10.1. The number of thioether (sulfide) groups is 1. The molecule has 0 aliphatic heterocycles. The molecule has 0 atom stereocenters. The van der Waals surface area contributed by atoms with Crippen LogP contribution in [-0.2, 0) is 6.18 Å². The molecule has 9 heteroatoms. The molecule has 0 unspecified atom stereocenters. The highest BCUT2D eigenvalue weighted by molar-refractivity contribution is 8.00. The molecule has 1 amide bonds. The van der Waals surface area contributed by atoms with Crippen LogP contribution in [0.15, 0.2) is 52.9 Å². The highest BCUT2D eigenvalue weighted by Crippen LogP contribution is 2.33. The van der Waals surface area contributed by atoms with Crippen molar-refractivity contribution in [3.05, 3.63) is 59.7 Å². The molecular weight excluding hydrogens is 383 g/mol. The van der Waals surface area contributed by atoms with Gasteiger partial charge in [0.25, 0.3) is 5.91 Å². The highest BCUT2D eigenvalue weighted by Gasteiger charge is 2.31. The number of hydrogen-bond donors (Lipinski definition) is 1. The lowest BCUT2D eigenvalue weighted by Gasteiger charge is -2.11. The van der Waals surface area contributed by atoms with E-state index in [-0.39, 0.29) is 5.56 Å². The van der Waals surface area contributed by atoms with Crippen LogP contribution in [0.2, 0.25) is 0 Å². The second-order valence-corrected chi connectivity index (χ2v) is 7.19. The first-order valence-electron chi connectivity index (χ1n) is 7.34. The molecule has 0 saturated heterocycles. The molecule has 0 radical (unpaired) electrons. The lowest BCUT2D eigenvalue weighted by Crippen LogP contribution is -2.14. The van der Waals surface area contributed by atoms with Gasteiger partial charge in [-0.25, -0.2) is 0 Å². The second-order valence-electron chi connectivity index (χ2n) is 5.16. The number of carbonyl (C=O) groups is 1. The van der Waals surface area contributed by atoms with Crippen LogP contribution in [0.5, 0.6) is 0 Å². The van der Waals surface area contributed by atoms with E-state index in [0.29, 0.717) is 16.3 Å². The molecule has 3 aromatic rings. The van der Waals surface area contributed by atoms with Crippen molar-refractivity contribution < 1.29 is 18.0 Å². The van der Waals surface area contributed by atoms with E-state index in [4.69, 9.17) is 0 Å². The Bertz CT molecular complexity index is 941. The van der Waals surface area contributed by atoms with E-state index in [2.05, 4.69) is 15.5 Å². The number of carbonyl (C=O) groups excluding carboxylic acids is 1. The van der Waals surface area contributed by atoms with Gasteiger partial charge in [0, 0.05) is 11.1 Å². The van der Waals surface area contributed by atoms with Crippen LogP contribution in [0, 0.1) is 0 Å². The predicted octanol–water partition coefficient (Wildman–Crippen LogP) is 5.20. The molecule has 4 nitrogen and oxygen atoms in total. The Morgan fingerprint density at radius 1 is 1.12 bits per heavy atom. The zero-order valence-electron chi connectivity index (χ0n) is 13.4. The number of benzene rings is 2. The third-order valence-electron chi connectivity index (χ3n) is 3.44. The maximum Gasteiger partial charge on any atom is 0.416 e. The van der Waals surface area contributed by atoms with E-state index < -0.39 is 17.6 Å². The molecular formula is C17H12F3N3OS2. The molecule has 26 heavy (non-hydrogen) atoms. The number of aromatic nitrogens is 2. The molecule has 0 fully saturated rings. The average Bonchev–Trinajstić information content (AvgIpc) is 3.10. The van der Waals surface area contributed by atoms with Gasteiger partial charge in [0.15, 0.2) is 9.35 Å². The van der Waals surface area contributed by atoms with Crippen molar-refractivity contribution in [3.8, 4) is 10.6 Å². The first-order valence-corrected chi connectivity index (χ1v) is 9.38. The lowest BCUT2D eigenvalue weighted by molar-refractivity contribution is -0.137. The van der Waals surface area contributed by atoms with Gasteiger partial charge >= 0.3 is 6.18 Å². The molecule has 1 aromatic heterocycles. The predicted molar refractivity (Wildman–Crippen MR) is 96.5 cm³/mol. The SMILES string of the molecule is CSc1nnc(-c2ccccc2NC(=O)c2cccc(C(F)(F)F)c2)s1. The van der Waals surface area contributed by atoms with Crippen molar-refractivity contribution in [2.24, 2.45) is 0 Å². The summed E-state index contributed by atoms with van der Waals surface area (Å²) in [6.45, 7) is 0. The maximum atomic E-state index is 12.8. The topological polar surface area (TPSA) is 54.9 Å². The third-order valence-corrected chi connectivity index (χ3v) is 5.37. The van der Waals surface area contributed by atoms with E-state index >= 15 is 0 Å². The number of nitrogens with one attached hydrogen (secondary N) is 1. The molecule has 0 saturated carbocycles. The zero-order chi connectivity index (χ0) is 18.7. The first-order chi connectivity index (χ1) is 12.4. The zero-order valence-corrected chi connectivity index (χ0v) is 15.0. The van der Waals surface area contributed by atoms with Gasteiger partial charge in [-0.1, -0.05) is 41.3 Å². The van der Waals surface area contributed by atoms with E-state index in [1.54, 1.807) is 24.3 Å². The number of nitrogens with zero attached hydrogens (tertiary/aromatic N) is 2. The highest BCUT2D eigenvalue weighted by atomic mass is 32.2. The van der Waals surface area contributed by atoms with Crippen LogP contribution in [-0.4, -0.2) is 22.4 Å². The summed E-state index contributed by atoms with van der Waals surface area (Å²) in [4.78, 5) is 12.4. The smallest absolute Gasteiger partial charge is 0.321 e. The molecule has 0 spiro atoms. The number of halogens is 3. The second kappa shape index (κ2) is 7.46. The fourth-order valence-corrected chi connectivity index (χ4v) is 3.52. The summed E-state index contributed by atoms with van der Waals surface area (Å²) >= 11 is 2.83. The van der Waals surface area contributed by atoms with Gasteiger partial charge < -0.3 is 5.32 Å². The Kier molecular flexibility index (Phi) is 5.28. The number of hydrogen-bond acceptors (Lipinski definition) is 5. The van der Waals surface area contributed by atoms with Crippen LogP contribution >= 0.6 is 23.1 Å². The van der Waals surface area contributed by atoms with E-state index in [9.17, 15) is 18.0 Å². The van der Waals surface area contributed by atoms with Crippen molar-refractivity contribution in [2.75, 3.05) is 11.6 Å². The van der Waals surface area contributed by atoms with Gasteiger partial charge in [0.1, 0.15) is 0 Å². The Hall–Kier alpha value is -2.39. The summed E-state index contributed by atoms with van der Waals surface area (Å²) in [6.07, 6.45) is -2.62. The van der Waals surface area contributed by atoms with Gasteiger partial charge in [-0.05, 0) is 36.6 Å². The van der Waals surface area contributed by atoms with Gasteiger partial charge in [-0.3, -0.25) is 4.79 Å². The number of anilines is 1. The number of amides is 1. The quantitative estimate of drug-likeness (QED) is 0.617. The first kappa shape index (κ1) is 18.4. The van der Waals surface area contributed by atoms with Crippen molar-refractivity contribution in [1.82, 2.24) is 10.2 Å². The Morgan fingerprint density at radius 2 is 1.88 bits per heavy atom. The molecule has 0 aliphatic rings. The molecule has 0 bridgehead atoms. The van der Waals surface area contributed by atoms with Gasteiger partial charge in [0.05, 0.1) is 11.3 Å².